The van der Waals surface area contributed by atoms with Gasteiger partial charge in [-0.25, -0.2) is 4.79 Å². The van der Waals surface area contributed by atoms with Gasteiger partial charge in [0.2, 0.25) is 0 Å². The number of benzene rings is 2. The summed E-state index contributed by atoms with van der Waals surface area (Å²) >= 11 is 0. The van der Waals surface area contributed by atoms with Crippen LogP contribution < -0.4 is 4.74 Å². The zero-order chi connectivity index (χ0) is 23.9. The number of pyridine rings is 1. The smallest absolute Gasteiger partial charge is 0.410 e. The number of amides is 1. The normalized spacial score (nSPS) is 18.9. The topological polar surface area (TPSA) is 51.7 Å². The number of hydrogen-bond donors (Lipinski definition) is 0. The van der Waals surface area contributed by atoms with Crippen molar-refractivity contribution in [3.63, 3.8) is 0 Å². The molecule has 0 aliphatic carbocycles. The molecule has 1 amide bonds. The van der Waals surface area contributed by atoms with Gasteiger partial charge in [-0.1, -0.05) is 43.3 Å². The van der Waals surface area contributed by atoms with Gasteiger partial charge in [-0.2, -0.15) is 0 Å². The highest BCUT2D eigenvalue weighted by molar-refractivity contribution is 5.84. The van der Waals surface area contributed by atoms with Gasteiger partial charge in [0, 0.05) is 24.7 Å². The summed E-state index contributed by atoms with van der Waals surface area (Å²) in [4.78, 5) is 19.0. The number of rotatable bonds is 8. The van der Waals surface area contributed by atoms with E-state index in [1.807, 2.05) is 59.6 Å². The first-order valence-corrected chi connectivity index (χ1v) is 12.1. The highest BCUT2D eigenvalue weighted by Gasteiger charge is 2.30. The quantitative estimate of drug-likeness (QED) is 0.357. The Morgan fingerprint density at radius 1 is 1.24 bits per heavy atom. The standard InChI is InChI=1S/C29H34N2O3/c1-4-23-19-31(29(32)34-20-22-8-6-5-7-9-22)17-15-24(23)11-10-21(2)26-14-16-30-28-13-12-25(33-3)18-27(26)28/h4-9,12-14,16,18,21,23-24H,1,10-11,15,17,19-20H2,2-3H3. The van der Waals surface area contributed by atoms with E-state index in [1.54, 1.807) is 7.11 Å². The molecule has 0 saturated carbocycles. The molecule has 0 radical (unpaired) electrons. The van der Waals surface area contributed by atoms with E-state index in [4.69, 9.17) is 9.47 Å². The van der Waals surface area contributed by atoms with E-state index in [9.17, 15) is 4.79 Å². The Labute approximate surface area is 202 Å². The van der Waals surface area contributed by atoms with Gasteiger partial charge >= 0.3 is 6.09 Å². The lowest BCUT2D eigenvalue weighted by Crippen LogP contribution is -2.43. The van der Waals surface area contributed by atoms with Gasteiger partial charge in [-0.05, 0) is 72.4 Å². The third kappa shape index (κ3) is 5.58. The Kier molecular flexibility index (Phi) is 7.84. The molecule has 5 nitrogen and oxygen atoms in total. The maximum Gasteiger partial charge on any atom is 0.410 e. The van der Waals surface area contributed by atoms with Crippen LogP contribution in [0.25, 0.3) is 10.9 Å². The van der Waals surface area contributed by atoms with Gasteiger partial charge in [0.05, 0.1) is 12.6 Å². The molecule has 1 aliphatic rings. The maximum atomic E-state index is 12.6. The number of fused-ring (bicyclic) bond motifs is 1. The Morgan fingerprint density at radius 2 is 2.06 bits per heavy atom. The van der Waals surface area contributed by atoms with Crippen molar-refractivity contribution in [2.24, 2.45) is 11.8 Å². The van der Waals surface area contributed by atoms with Crippen LogP contribution in [0.2, 0.25) is 0 Å². The molecule has 2 heterocycles. The summed E-state index contributed by atoms with van der Waals surface area (Å²) in [6.45, 7) is 8.06. The predicted molar refractivity (Wildman–Crippen MR) is 136 cm³/mol. The minimum absolute atomic E-state index is 0.236. The molecule has 0 N–H and O–H groups in total. The molecule has 5 heteroatoms. The number of piperidine rings is 1. The highest BCUT2D eigenvalue weighted by Crippen LogP contribution is 2.35. The minimum Gasteiger partial charge on any atom is -0.497 e. The summed E-state index contributed by atoms with van der Waals surface area (Å²) < 4.78 is 11.0. The Bertz CT molecular complexity index is 1110. The Hall–Kier alpha value is -3.34. The van der Waals surface area contributed by atoms with Crippen LogP contribution in [0.5, 0.6) is 5.75 Å². The van der Waals surface area contributed by atoms with E-state index in [0.717, 1.165) is 48.0 Å². The van der Waals surface area contributed by atoms with Crippen molar-refractivity contribution in [2.75, 3.05) is 20.2 Å². The molecule has 4 rings (SSSR count). The Morgan fingerprint density at radius 3 is 2.82 bits per heavy atom. The molecule has 1 fully saturated rings. The number of carbonyl (C=O) groups excluding carboxylic acids is 1. The molecule has 1 saturated heterocycles. The largest absolute Gasteiger partial charge is 0.497 e. The summed E-state index contributed by atoms with van der Waals surface area (Å²) in [5, 5.41) is 1.16. The van der Waals surface area contributed by atoms with Crippen LogP contribution in [0.3, 0.4) is 0 Å². The first kappa shape index (κ1) is 23.8. The second-order valence-corrected chi connectivity index (χ2v) is 9.20. The Balaban J connectivity index is 1.34. The van der Waals surface area contributed by atoms with Crippen LogP contribution in [-0.2, 0) is 11.3 Å². The van der Waals surface area contributed by atoms with E-state index >= 15 is 0 Å². The molecule has 3 atom stereocenters. The summed E-state index contributed by atoms with van der Waals surface area (Å²) in [6, 6.07) is 18.0. The van der Waals surface area contributed by atoms with E-state index in [1.165, 1.54) is 5.56 Å². The molecule has 1 aromatic heterocycles. The monoisotopic (exact) mass is 458 g/mol. The zero-order valence-electron chi connectivity index (χ0n) is 20.2. The number of ether oxygens (including phenoxy) is 2. The molecular weight excluding hydrogens is 424 g/mol. The van der Waals surface area contributed by atoms with Gasteiger partial charge in [0.25, 0.3) is 0 Å². The van der Waals surface area contributed by atoms with Crippen molar-refractivity contribution >= 4 is 17.0 Å². The fraction of sp³-hybridized carbons (Fsp3) is 0.379. The van der Waals surface area contributed by atoms with Gasteiger partial charge in [0.15, 0.2) is 0 Å². The minimum atomic E-state index is -0.236. The number of methoxy groups -OCH3 is 1. The summed E-state index contributed by atoms with van der Waals surface area (Å²) in [6.07, 6.45) is 6.81. The number of aromatic nitrogens is 1. The van der Waals surface area contributed by atoms with Gasteiger partial charge < -0.3 is 14.4 Å². The van der Waals surface area contributed by atoms with Crippen molar-refractivity contribution in [3.05, 3.63) is 84.6 Å². The fourth-order valence-corrected chi connectivity index (χ4v) is 4.96. The zero-order valence-corrected chi connectivity index (χ0v) is 20.2. The third-order valence-electron chi connectivity index (χ3n) is 7.06. The average molecular weight is 459 g/mol. The van der Waals surface area contributed by atoms with Crippen LogP contribution in [-0.4, -0.2) is 36.2 Å². The molecule has 3 unspecified atom stereocenters. The second kappa shape index (κ2) is 11.2. The van der Waals surface area contributed by atoms with Crippen molar-refractivity contribution < 1.29 is 14.3 Å². The number of carbonyl (C=O) groups is 1. The molecule has 2 aromatic carbocycles. The number of hydrogen-bond acceptors (Lipinski definition) is 4. The highest BCUT2D eigenvalue weighted by atomic mass is 16.6. The van der Waals surface area contributed by atoms with E-state index < -0.39 is 0 Å². The summed E-state index contributed by atoms with van der Waals surface area (Å²) in [5.41, 5.74) is 3.30. The first-order chi connectivity index (χ1) is 16.6. The summed E-state index contributed by atoms with van der Waals surface area (Å²) in [7, 11) is 1.69. The molecule has 1 aliphatic heterocycles. The van der Waals surface area contributed by atoms with Crippen LogP contribution in [0.1, 0.15) is 43.2 Å². The molecule has 0 spiro atoms. The van der Waals surface area contributed by atoms with Crippen molar-refractivity contribution in [3.8, 4) is 5.75 Å². The first-order valence-electron chi connectivity index (χ1n) is 12.1. The van der Waals surface area contributed by atoms with Crippen molar-refractivity contribution in [1.82, 2.24) is 9.88 Å². The third-order valence-corrected chi connectivity index (χ3v) is 7.06. The fourth-order valence-electron chi connectivity index (χ4n) is 4.96. The number of nitrogens with zero attached hydrogens (tertiary/aromatic N) is 2. The van der Waals surface area contributed by atoms with Crippen molar-refractivity contribution in [2.45, 2.75) is 38.7 Å². The SMILES string of the molecule is C=CC1CN(C(=O)OCc2ccccc2)CCC1CCC(C)c1ccnc2ccc(OC)cc12. The molecule has 178 valence electrons. The van der Waals surface area contributed by atoms with E-state index in [0.29, 0.717) is 25.0 Å². The van der Waals surface area contributed by atoms with Crippen LogP contribution in [0.4, 0.5) is 4.79 Å². The summed E-state index contributed by atoms with van der Waals surface area (Å²) in [5.74, 6) is 2.05. The lowest BCUT2D eigenvalue weighted by atomic mass is 9.80. The van der Waals surface area contributed by atoms with Crippen LogP contribution in [0.15, 0.2) is 73.4 Å². The van der Waals surface area contributed by atoms with Crippen LogP contribution in [0, 0.1) is 11.8 Å². The lowest BCUT2D eigenvalue weighted by Gasteiger charge is -2.37. The molecule has 34 heavy (non-hydrogen) atoms. The van der Waals surface area contributed by atoms with Gasteiger partial charge in [-0.3, -0.25) is 4.98 Å². The average Bonchev–Trinajstić information content (AvgIpc) is 2.90. The van der Waals surface area contributed by atoms with Gasteiger partial charge in [-0.15, -0.1) is 6.58 Å². The molecule has 0 bridgehead atoms. The number of likely N-dealkylation sites (tertiary alicyclic amines) is 1. The molecular formula is C29H34N2O3. The lowest BCUT2D eigenvalue weighted by molar-refractivity contribution is 0.0704. The second-order valence-electron chi connectivity index (χ2n) is 9.20. The van der Waals surface area contributed by atoms with Crippen LogP contribution >= 0.6 is 0 Å². The molecule has 3 aromatic rings. The van der Waals surface area contributed by atoms with Crippen molar-refractivity contribution in [1.29, 1.82) is 0 Å². The predicted octanol–water partition coefficient (Wildman–Crippen LogP) is 6.59. The van der Waals surface area contributed by atoms with E-state index in [2.05, 4.69) is 30.6 Å². The maximum absolute atomic E-state index is 12.6. The van der Waals surface area contributed by atoms with E-state index in [-0.39, 0.29) is 12.0 Å². The van der Waals surface area contributed by atoms with Gasteiger partial charge in [0.1, 0.15) is 12.4 Å².